The van der Waals surface area contributed by atoms with Crippen molar-refractivity contribution < 1.29 is 22.3 Å². The summed E-state index contributed by atoms with van der Waals surface area (Å²) in [6.07, 6.45) is -0.347. The number of hydrogen-bond donors (Lipinski definition) is 1. The second-order valence-electron chi connectivity index (χ2n) is 4.04. The molecule has 0 aromatic carbocycles. The SMILES string of the molecule is COC(CNCc1ccc(S(=O)(=O)N(C)C)o1)OC. The molecule has 1 aromatic heterocycles. The van der Waals surface area contributed by atoms with E-state index in [1.807, 2.05) is 0 Å². The molecule has 19 heavy (non-hydrogen) atoms. The predicted molar refractivity (Wildman–Crippen MR) is 69.1 cm³/mol. The molecule has 7 nitrogen and oxygen atoms in total. The van der Waals surface area contributed by atoms with E-state index in [2.05, 4.69) is 5.32 Å². The van der Waals surface area contributed by atoms with Gasteiger partial charge >= 0.3 is 0 Å². The van der Waals surface area contributed by atoms with Gasteiger partial charge in [-0.25, -0.2) is 12.7 Å². The van der Waals surface area contributed by atoms with Crippen LogP contribution >= 0.6 is 0 Å². The first-order valence-electron chi connectivity index (χ1n) is 5.69. The van der Waals surface area contributed by atoms with Crippen molar-refractivity contribution in [3.8, 4) is 0 Å². The van der Waals surface area contributed by atoms with Gasteiger partial charge in [-0.1, -0.05) is 0 Å². The Morgan fingerprint density at radius 1 is 1.32 bits per heavy atom. The molecule has 0 aliphatic rings. The highest BCUT2D eigenvalue weighted by atomic mass is 32.2. The molecular weight excluding hydrogens is 272 g/mol. The van der Waals surface area contributed by atoms with E-state index in [0.717, 1.165) is 4.31 Å². The Balaban J connectivity index is 2.57. The number of hydrogen-bond acceptors (Lipinski definition) is 6. The van der Waals surface area contributed by atoms with Crippen LogP contribution in [-0.2, 0) is 26.0 Å². The van der Waals surface area contributed by atoms with E-state index >= 15 is 0 Å². The van der Waals surface area contributed by atoms with Crippen molar-refractivity contribution in [2.75, 3.05) is 34.9 Å². The first-order chi connectivity index (χ1) is 8.91. The van der Waals surface area contributed by atoms with E-state index in [0.29, 0.717) is 18.8 Å². The van der Waals surface area contributed by atoms with Crippen LogP contribution in [0.4, 0.5) is 0 Å². The van der Waals surface area contributed by atoms with Gasteiger partial charge in [0, 0.05) is 34.9 Å². The van der Waals surface area contributed by atoms with Crippen LogP contribution in [0.15, 0.2) is 21.6 Å². The minimum Gasteiger partial charge on any atom is -0.447 e. The third-order valence-corrected chi connectivity index (χ3v) is 4.20. The van der Waals surface area contributed by atoms with Crippen LogP contribution in [0.25, 0.3) is 0 Å². The van der Waals surface area contributed by atoms with Crippen molar-refractivity contribution in [2.45, 2.75) is 17.9 Å². The van der Waals surface area contributed by atoms with Gasteiger partial charge in [-0.15, -0.1) is 0 Å². The van der Waals surface area contributed by atoms with Crippen molar-refractivity contribution in [1.82, 2.24) is 9.62 Å². The summed E-state index contributed by atoms with van der Waals surface area (Å²) in [5, 5.41) is 2.98. The summed E-state index contributed by atoms with van der Waals surface area (Å²) in [7, 11) is 2.49. The fraction of sp³-hybridized carbons (Fsp3) is 0.636. The Hall–Kier alpha value is -0.930. The maximum Gasteiger partial charge on any atom is 0.275 e. The number of methoxy groups -OCH3 is 2. The quantitative estimate of drug-likeness (QED) is 0.691. The van der Waals surface area contributed by atoms with Gasteiger partial charge in [-0.2, -0.15) is 0 Å². The molecule has 0 unspecified atom stereocenters. The summed E-state index contributed by atoms with van der Waals surface area (Å²) in [6, 6.07) is 3.06. The molecule has 0 fully saturated rings. The lowest BCUT2D eigenvalue weighted by molar-refractivity contribution is -0.0990. The zero-order valence-electron chi connectivity index (χ0n) is 11.5. The lowest BCUT2D eigenvalue weighted by Crippen LogP contribution is -2.29. The molecule has 0 aliphatic carbocycles. The fourth-order valence-electron chi connectivity index (χ4n) is 1.35. The highest BCUT2D eigenvalue weighted by Gasteiger charge is 2.21. The fourth-order valence-corrected chi connectivity index (χ4v) is 2.16. The summed E-state index contributed by atoms with van der Waals surface area (Å²) in [5.74, 6) is 0.534. The molecule has 1 aromatic rings. The Morgan fingerprint density at radius 2 is 1.95 bits per heavy atom. The van der Waals surface area contributed by atoms with E-state index < -0.39 is 10.0 Å². The Morgan fingerprint density at radius 3 is 2.47 bits per heavy atom. The number of furan rings is 1. The van der Waals surface area contributed by atoms with E-state index in [-0.39, 0.29) is 11.4 Å². The van der Waals surface area contributed by atoms with E-state index in [4.69, 9.17) is 13.9 Å². The third-order valence-electron chi connectivity index (χ3n) is 2.51. The normalized spacial score (nSPS) is 12.5. The summed E-state index contributed by atoms with van der Waals surface area (Å²) >= 11 is 0. The van der Waals surface area contributed by atoms with Gasteiger partial charge in [-0.3, -0.25) is 0 Å². The Bertz CT molecular complexity index is 479. The van der Waals surface area contributed by atoms with E-state index in [1.165, 1.54) is 20.2 Å². The first-order valence-corrected chi connectivity index (χ1v) is 7.13. The average Bonchev–Trinajstić information content (AvgIpc) is 2.84. The molecule has 0 saturated heterocycles. The predicted octanol–water partition coefficient (Wildman–Crippen LogP) is 0.238. The number of sulfonamides is 1. The van der Waals surface area contributed by atoms with Gasteiger partial charge in [0.15, 0.2) is 6.29 Å². The van der Waals surface area contributed by atoms with Gasteiger partial charge in [0.25, 0.3) is 10.0 Å². The summed E-state index contributed by atoms with van der Waals surface area (Å²) < 4.78 is 40.0. The van der Waals surface area contributed by atoms with Crippen LogP contribution in [0.3, 0.4) is 0 Å². The van der Waals surface area contributed by atoms with Gasteiger partial charge in [0.05, 0.1) is 6.54 Å². The van der Waals surface area contributed by atoms with Gasteiger partial charge in [-0.05, 0) is 12.1 Å². The van der Waals surface area contributed by atoms with Crippen LogP contribution in [0.2, 0.25) is 0 Å². The number of nitrogens with zero attached hydrogens (tertiary/aromatic N) is 1. The minimum atomic E-state index is -3.52. The molecule has 110 valence electrons. The molecule has 1 rings (SSSR count). The van der Waals surface area contributed by atoms with Crippen molar-refractivity contribution in [3.05, 3.63) is 17.9 Å². The van der Waals surface area contributed by atoms with Crippen molar-refractivity contribution in [2.24, 2.45) is 0 Å². The second-order valence-corrected chi connectivity index (χ2v) is 6.12. The maximum atomic E-state index is 11.8. The smallest absolute Gasteiger partial charge is 0.275 e. The Kier molecular flexibility index (Phi) is 5.95. The molecule has 0 aliphatic heterocycles. The summed E-state index contributed by atoms with van der Waals surface area (Å²) in [5.41, 5.74) is 0. The number of rotatable bonds is 8. The molecule has 8 heteroatoms. The van der Waals surface area contributed by atoms with Crippen LogP contribution in [-0.4, -0.2) is 53.9 Å². The monoisotopic (exact) mass is 292 g/mol. The zero-order valence-corrected chi connectivity index (χ0v) is 12.4. The van der Waals surface area contributed by atoms with Crippen LogP contribution in [0.5, 0.6) is 0 Å². The van der Waals surface area contributed by atoms with Gasteiger partial charge in [0.2, 0.25) is 5.09 Å². The van der Waals surface area contributed by atoms with Crippen molar-refractivity contribution in [1.29, 1.82) is 0 Å². The highest BCUT2D eigenvalue weighted by Crippen LogP contribution is 2.16. The average molecular weight is 292 g/mol. The summed E-state index contributed by atoms with van der Waals surface area (Å²) in [6.45, 7) is 0.871. The summed E-state index contributed by atoms with van der Waals surface area (Å²) in [4.78, 5) is 0. The lowest BCUT2D eigenvalue weighted by Gasteiger charge is -2.13. The molecule has 0 atom stereocenters. The van der Waals surface area contributed by atoms with Crippen LogP contribution in [0.1, 0.15) is 5.76 Å². The molecule has 1 heterocycles. The number of ether oxygens (including phenoxy) is 2. The molecule has 0 saturated carbocycles. The van der Waals surface area contributed by atoms with Crippen LogP contribution in [0, 0.1) is 0 Å². The molecule has 0 amide bonds. The van der Waals surface area contributed by atoms with E-state index in [1.54, 1.807) is 20.3 Å². The largest absolute Gasteiger partial charge is 0.447 e. The van der Waals surface area contributed by atoms with Crippen LogP contribution < -0.4 is 5.32 Å². The Labute approximate surface area is 113 Å². The van der Waals surface area contributed by atoms with Gasteiger partial charge in [0.1, 0.15) is 5.76 Å². The minimum absolute atomic E-state index is 0.0654. The molecule has 0 bridgehead atoms. The van der Waals surface area contributed by atoms with Crippen molar-refractivity contribution in [3.63, 3.8) is 0 Å². The molecule has 1 N–H and O–H groups in total. The zero-order chi connectivity index (χ0) is 14.5. The number of nitrogens with one attached hydrogen (secondary N) is 1. The van der Waals surface area contributed by atoms with Crippen molar-refractivity contribution >= 4 is 10.0 Å². The third kappa shape index (κ3) is 4.29. The maximum absolute atomic E-state index is 11.8. The first kappa shape index (κ1) is 16.1. The van der Waals surface area contributed by atoms with Gasteiger partial charge < -0.3 is 19.2 Å². The highest BCUT2D eigenvalue weighted by molar-refractivity contribution is 7.88. The molecular formula is C11H20N2O5S. The topological polar surface area (TPSA) is 81.0 Å². The van der Waals surface area contributed by atoms with E-state index in [9.17, 15) is 8.42 Å². The molecule has 0 radical (unpaired) electrons. The molecule has 0 spiro atoms. The lowest BCUT2D eigenvalue weighted by atomic mass is 10.4. The second kappa shape index (κ2) is 7.01. The standard InChI is InChI=1S/C11H20N2O5S/c1-13(2)19(14,15)11-6-5-9(18-11)7-12-8-10(16-3)17-4/h5-6,10,12H,7-8H2,1-4H3.